The van der Waals surface area contributed by atoms with Crippen LogP contribution in [0.1, 0.15) is 11.8 Å². The summed E-state index contributed by atoms with van der Waals surface area (Å²) in [6, 6.07) is 9.80. The highest BCUT2D eigenvalue weighted by Crippen LogP contribution is 2.22. The van der Waals surface area contributed by atoms with Gasteiger partial charge in [0, 0.05) is 11.9 Å². The van der Waals surface area contributed by atoms with Crippen molar-refractivity contribution in [1.29, 1.82) is 0 Å². The number of rotatable bonds is 3. The van der Waals surface area contributed by atoms with E-state index in [2.05, 4.69) is 15.5 Å². The molecule has 0 aliphatic rings. The molecule has 0 fully saturated rings. The van der Waals surface area contributed by atoms with Crippen LogP contribution in [0.3, 0.4) is 0 Å². The molecule has 2 aromatic rings. The Morgan fingerprint density at radius 3 is 2.81 bits per heavy atom. The quantitative estimate of drug-likeness (QED) is 0.486. The normalized spacial score (nSPS) is 11.4. The first-order chi connectivity index (χ1) is 7.79. The average molecular weight is 233 g/mol. The highest BCUT2D eigenvalue weighted by molar-refractivity contribution is 7.17. The highest BCUT2D eigenvalue weighted by Gasteiger charge is 2.04. The van der Waals surface area contributed by atoms with E-state index in [1.807, 2.05) is 30.3 Å². The summed E-state index contributed by atoms with van der Waals surface area (Å²) >= 11 is 1.45. The van der Waals surface area contributed by atoms with Crippen LogP contribution in [0.5, 0.6) is 0 Å². The monoisotopic (exact) mass is 233 g/mol. The predicted octanol–water partition coefficient (Wildman–Crippen LogP) is 3.08. The fourth-order valence-corrected chi connectivity index (χ4v) is 1.97. The Morgan fingerprint density at radius 2 is 2.12 bits per heavy atom. The van der Waals surface area contributed by atoms with E-state index in [0.717, 1.165) is 15.7 Å². The molecule has 16 heavy (non-hydrogen) atoms. The third-order valence-corrected chi connectivity index (χ3v) is 3.06. The van der Waals surface area contributed by atoms with Gasteiger partial charge in [0.15, 0.2) is 5.13 Å². The van der Waals surface area contributed by atoms with Gasteiger partial charge in [-0.25, -0.2) is 4.98 Å². The Balaban J connectivity index is 2.15. The van der Waals surface area contributed by atoms with Gasteiger partial charge in [-0.2, -0.15) is 0 Å². The summed E-state index contributed by atoms with van der Waals surface area (Å²) in [5, 5.41) is 15.7. The van der Waals surface area contributed by atoms with Crippen molar-refractivity contribution in [1.82, 2.24) is 4.98 Å². The third kappa shape index (κ3) is 2.38. The Hall–Kier alpha value is -1.88. The van der Waals surface area contributed by atoms with Crippen LogP contribution in [0.4, 0.5) is 10.8 Å². The zero-order valence-electron chi connectivity index (χ0n) is 8.71. The number of thiazole rings is 1. The first kappa shape index (κ1) is 10.6. The van der Waals surface area contributed by atoms with E-state index >= 15 is 0 Å². The molecule has 5 heteroatoms. The van der Waals surface area contributed by atoms with Crippen LogP contribution in [0.25, 0.3) is 0 Å². The Bertz CT molecular complexity index is 493. The Kier molecular flexibility index (Phi) is 3.16. The largest absolute Gasteiger partial charge is 0.411 e. The number of nitrogens with one attached hydrogen (secondary N) is 1. The summed E-state index contributed by atoms with van der Waals surface area (Å²) in [5.41, 5.74) is 1.56. The van der Waals surface area contributed by atoms with E-state index in [-0.39, 0.29) is 0 Å². The molecule has 0 radical (unpaired) electrons. The first-order valence-corrected chi connectivity index (χ1v) is 5.58. The van der Waals surface area contributed by atoms with Gasteiger partial charge in [0.05, 0.1) is 10.6 Å². The lowest BCUT2D eigenvalue weighted by molar-refractivity contribution is 0.319. The number of hydrogen-bond donors (Lipinski definition) is 2. The lowest BCUT2D eigenvalue weighted by atomic mass is 10.3. The second kappa shape index (κ2) is 4.76. The van der Waals surface area contributed by atoms with Gasteiger partial charge in [-0.3, -0.25) is 0 Å². The molecule has 0 aliphatic heterocycles. The number of anilines is 2. The van der Waals surface area contributed by atoms with Crippen molar-refractivity contribution in [2.45, 2.75) is 6.92 Å². The van der Waals surface area contributed by atoms with Crippen molar-refractivity contribution < 1.29 is 5.21 Å². The zero-order valence-corrected chi connectivity index (χ0v) is 9.53. The van der Waals surface area contributed by atoms with E-state index in [1.54, 1.807) is 13.1 Å². The van der Waals surface area contributed by atoms with E-state index in [0.29, 0.717) is 5.71 Å². The molecule has 0 spiro atoms. The van der Waals surface area contributed by atoms with Gasteiger partial charge >= 0.3 is 0 Å². The van der Waals surface area contributed by atoms with E-state index in [4.69, 9.17) is 5.21 Å². The van der Waals surface area contributed by atoms with E-state index < -0.39 is 0 Å². The van der Waals surface area contributed by atoms with Crippen LogP contribution in [-0.4, -0.2) is 15.9 Å². The first-order valence-electron chi connectivity index (χ1n) is 4.76. The molecule has 0 unspecified atom stereocenters. The Morgan fingerprint density at radius 1 is 1.38 bits per heavy atom. The topological polar surface area (TPSA) is 57.5 Å². The van der Waals surface area contributed by atoms with Gasteiger partial charge in [0.1, 0.15) is 0 Å². The summed E-state index contributed by atoms with van der Waals surface area (Å²) in [7, 11) is 0. The molecular formula is C11H11N3OS. The number of aromatic nitrogens is 1. The van der Waals surface area contributed by atoms with Crippen molar-refractivity contribution in [2.75, 3.05) is 5.32 Å². The molecular weight excluding hydrogens is 222 g/mol. The van der Waals surface area contributed by atoms with Crippen molar-refractivity contribution in [3.8, 4) is 0 Å². The summed E-state index contributed by atoms with van der Waals surface area (Å²) in [4.78, 5) is 5.04. The van der Waals surface area contributed by atoms with Crippen molar-refractivity contribution in [3.63, 3.8) is 0 Å². The fourth-order valence-electron chi connectivity index (χ4n) is 1.19. The van der Waals surface area contributed by atoms with Crippen molar-refractivity contribution in [3.05, 3.63) is 41.4 Å². The van der Waals surface area contributed by atoms with Crippen LogP contribution < -0.4 is 5.32 Å². The van der Waals surface area contributed by atoms with Gasteiger partial charge in [0.2, 0.25) is 0 Å². The Labute approximate surface area is 97.3 Å². The number of hydrogen-bond acceptors (Lipinski definition) is 5. The maximum Gasteiger partial charge on any atom is 0.187 e. The minimum atomic E-state index is 0.568. The van der Waals surface area contributed by atoms with Crippen LogP contribution >= 0.6 is 11.3 Å². The molecule has 0 atom stereocenters. The van der Waals surface area contributed by atoms with Gasteiger partial charge in [-0.1, -0.05) is 34.7 Å². The third-order valence-electron chi connectivity index (χ3n) is 2.04. The number of benzene rings is 1. The molecule has 2 N–H and O–H groups in total. The maximum atomic E-state index is 8.63. The molecule has 0 amide bonds. The molecule has 1 aromatic carbocycles. The van der Waals surface area contributed by atoms with Gasteiger partial charge in [-0.15, -0.1) is 0 Å². The smallest absolute Gasteiger partial charge is 0.187 e. The minimum Gasteiger partial charge on any atom is -0.411 e. The SMILES string of the molecule is C/C(=N\O)c1cnc(Nc2ccccc2)s1. The maximum absolute atomic E-state index is 8.63. The lowest BCUT2D eigenvalue weighted by Gasteiger charge is -2.00. The van der Waals surface area contributed by atoms with Crippen molar-refractivity contribution >= 4 is 27.9 Å². The summed E-state index contributed by atoms with van der Waals surface area (Å²) in [6.45, 7) is 1.74. The number of para-hydroxylation sites is 1. The van der Waals surface area contributed by atoms with Crippen LogP contribution in [0, 0.1) is 0 Å². The number of nitrogens with zero attached hydrogens (tertiary/aromatic N) is 2. The highest BCUT2D eigenvalue weighted by atomic mass is 32.1. The molecule has 1 aromatic heterocycles. The minimum absolute atomic E-state index is 0.568. The van der Waals surface area contributed by atoms with Crippen LogP contribution in [0.15, 0.2) is 41.7 Å². The molecule has 2 rings (SSSR count). The average Bonchev–Trinajstić information content (AvgIpc) is 2.78. The summed E-state index contributed by atoms with van der Waals surface area (Å²) in [5.74, 6) is 0. The molecule has 82 valence electrons. The standard InChI is InChI=1S/C11H11N3OS/c1-8(14-15)10-7-12-11(16-10)13-9-5-3-2-4-6-9/h2-7,15H,1H3,(H,12,13)/b14-8+. The second-order valence-corrected chi connectivity index (χ2v) is 4.24. The molecule has 4 nitrogen and oxygen atoms in total. The van der Waals surface area contributed by atoms with E-state index in [1.165, 1.54) is 11.3 Å². The van der Waals surface area contributed by atoms with Gasteiger partial charge in [-0.05, 0) is 19.1 Å². The predicted molar refractivity (Wildman–Crippen MR) is 65.8 cm³/mol. The number of oxime groups is 1. The molecule has 1 heterocycles. The van der Waals surface area contributed by atoms with Gasteiger partial charge < -0.3 is 10.5 Å². The molecule has 0 saturated carbocycles. The molecule has 0 saturated heterocycles. The summed E-state index contributed by atoms with van der Waals surface area (Å²) < 4.78 is 0. The van der Waals surface area contributed by atoms with Crippen LogP contribution in [0.2, 0.25) is 0 Å². The summed E-state index contributed by atoms with van der Waals surface area (Å²) in [6.07, 6.45) is 1.69. The molecule has 0 bridgehead atoms. The second-order valence-electron chi connectivity index (χ2n) is 3.21. The van der Waals surface area contributed by atoms with Crippen LogP contribution in [-0.2, 0) is 0 Å². The lowest BCUT2D eigenvalue weighted by Crippen LogP contribution is -1.88. The van der Waals surface area contributed by atoms with Gasteiger partial charge in [0.25, 0.3) is 0 Å². The van der Waals surface area contributed by atoms with Crippen molar-refractivity contribution in [2.24, 2.45) is 5.16 Å². The zero-order chi connectivity index (χ0) is 11.4. The molecule has 0 aliphatic carbocycles. The fraction of sp³-hybridized carbons (Fsp3) is 0.0909. The van der Waals surface area contributed by atoms with E-state index in [9.17, 15) is 0 Å².